The molecule has 44 heavy (non-hydrogen) atoms. The lowest BCUT2D eigenvalue weighted by molar-refractivity contribution is -0.146. The van der Waals surface area contributed by atoms with Gasteiger partial charge >= 0.3 is 0 Å². The molecule has 3 aromatic rings. The molecule has 2 amide bonds. The number of rotatable bonds is 9. The molecule has 2 fully saturated rings. The van der Waals surface area contributed by atoms with Gasteiger partial charge in [0.15, 0.2) is 5.60 Å². The molecule has 4 atom stereocenters. The van der Waals surface area contributed by atoms with E-state index in [2.05, 4.69) is 26.2 Å². The number of amides is 2. The fraction of sp³-hybridized carbons (Fsp3) is 0.500. The lowest BCUT2D eigenvalue weighted by Crippen LogP contribution is -2.45. The molecule has 0 aliphatic carbocycles. The van der Waals surface area contributed by atoms with Crippen LogP contribution in [-0.2, 0) is 39.4 Å². The standard InChI is InChI=1S/C32H39BrFN5O4Si/c1-21-30(44(2,3)34)28(12-15-37-20-24(13-16-40)35-36-37)43-32(21)26-18-23(33)10-11-27(26)39(31(32)42)19-22-7-6-8-25(17-22)38-14-5-4-9-29(38)41/h6-8,10-11,17-18,20-21,28,30,40H,4-5,9,12-16,19H2,1-3H3/t21-,28+,30-,32+/m1/s1. The first-order valence-corrected chi connectivity index (χ1v) is 19.2. The Morgan fingerprint density at radius 1 is 1.18 bits per heavy atom. The number of halogens is 2. The number of aliphatic hydroxyl groups is 1. The van der Waals surface area contributed by atoms with Gasteiger partial charge in [0, 0.05) is 65.9 Å². The molecule has 3 aliphatic rings. The Bertz CT molecular complexity index is 1560. The number of hydrogen-bond donors (Lipinski definition) is 1. The first-order valence-electron chi connectivity index (χ1n) is 15.4. The molecule has 12 heteroatoms. The monoisotopic (exact) mass is 683 g/mol. The summed E-state index contributed by atoms with van der Waals surface area (Å²) in [5.41, 5.74) is 2.20. The Kier molecular flexibility index (Phi) is 8.55. The molecular formula is C32H39BrFN5O4Si. The molecule has 1 aromatic heterocycles. The zero-order valence-corrected chi connectivity index (χ0v) is 28.0. The first-order chi connectivity index (χ1) is 21.0. The van der Waals surface area contributed by atoms with E-state index >= 15 is 4.11 Å². The van der Waals surface area contributed by atoms with Crippen LogP contribution in [-0.4, -0.2) is 59.6 Å². The van der Waals surface area contributed by atoms with Gasteiger partial charge in [0.25, 0.3) is 5.91 Å². The van der Waals surface area contributed by atoms with Crippen LogP contribution in [0.1, 0.15) is 49.4 Å². The molecule has 2 saturated heterocycles. The lowest BCUT2D eigenvalue weighted by Gasteiger charge is -2.31. The SMILES string of the molecule is C[C@@H]1[C@@H]([Si](C)(C)F)[C@H](CCn2cc(CCO)nn2)O[C@@]12C(=O)N(Cc1cccc(N3CCCCC3=O)c1)c1ccc(Br)cc12. The average Bonchev–Trinajstić information content (AvgIpc) is 3.62. The minimum atomic E-state index is -3.31. The van der Waals surface area contributed by atoms with Gasteiger partial charge in [-0.25, -0.2) is 0 Å². The highest BCUT2D eigenvalue weighted by Crippen LogP contribution is 2.60. The Labute approximate surface area is 266 Å². The molecule has 0 saturated carbocycles. The average molecular weight is 685 g/mol. The molecule has 3 aliphatic heterocycles. The number of hydrogen-bond acceptors (Lipinski definition) is 6. The lowest BCUT2D eigenvalue weighted by atomic mass is 9.82. The molecule has 4 heterocycles. The quantitative estimate of drug-likeness (QED) is 0.236. The molecular weight excluding hydrogens is 645 g/mol. The van der Waals surface area contributed by atoms with Gasteiger partial charge in [-0.1, -0.05) is 40.2 Å². The summed E-state index contributed by atoms with van der Waals surface area (Å²) >= 11 is 3.60. The molecule has 0 unspecified atom stereocenters. The summed E-state index contributed by atoms with van der Waals surface area (Å²) in [4.78, 5) is 30.9. The van der Waals surface area contributed by atoms with E-state index in [-0.39, 0.29) is 18.4 Å². The van der Waals surface area contributed by atoms with E-state index in [1.807, 2.05) is 54.3 Å². The third kappa shape index (κ3) is 5.54. The van der Waals surface area contributed by atoms with Gasteiger partial charge in [0.2, 0.25) is 14.3 Å². The van der Waals surface area contributed by atoms with Crippen LogP contribution < -0.4 is 9.80 Å². The summed E-state index contributed by atoms with van der Waals surface area (Å²) in [6.45, 7) is 6.80. The molecule has 234 valence electrons. The van der Waals surface area contributed by atoms with Crippen molar-refractivity contribution >= 4 is 47.5 Å². The number of aromatic nitrogens is 3. The summed E-state index contributed by atoms with van der Waals surface area (Å²) in [5, 5.41) is 17.5. The second-order valence-corrected chi connectivity index (χ2v) is 17.4. The summed E-state index contributed by atoms with van der Waals surface area (Å²) in [6.07, 6.45) is 4.61. The highest BCUT2D eigenvalue weighted by Gasteiger charge is 2.66. The second kappa shape index (κ2) is 12.1. The van der Waals surface area contributed by atoms with Crippen LogP contribution in [0.5, 0.6) is 0 Å². The van der Waals surface area contributed by atoms with Gasteiger partial charge in [-0.2, -0.15) is 0 Å². The van der Waals surface area contributed by atoms with Crippen LogP contribution in [0.2, 0.25) is 18.6 Å². The normalized spacial score (nSPS) is 25.4. The molecule has 2 aromatic carbocycles. The number of benzene rings is 2. The fourth-order valence-electron chi connectivity index (χ4n) is 7.47. The van der Waals surface area contributed by atoms with E-state index < -0.39 is 31.6 Å². The molecule has 6 rings (SSSR count). The number of ether oxygens (including phenoxy) is 1. The Morgan fingerprint density at radius 2 is 2.00 bits per heavy atom. The van der Waals surface area contributed by atoms with Gasteiger partial charge in [-0.05, 0) is 68.3 Å². The number of carbonyl (C=O) groups excluding carboxylic acids is 2. The highest BCUT2D eigenvalue weighted by atomic mass is 79.9. The fourth-order valence-corrected chi connectivity index (χ4v) is 10.4. The number of fused-ring (bicyclic) bond motifs is 2. The topological polar surface area (TPSA) is 101 Å². The third-order valence-electron chi connectivity index (χ3n) is 9.41. The van der Waals surface area contributed by atoms with Crippen molar-refractivity contribution in [2.45, 2.75) is 82.5 Å². The molecule has 9 nitrogen and oxygen atoms in total. The summed E-state index contributed by atoms with van der Waals surface area (Å²) in [6, 6.07) is 13.6. The van der Waals surface area contributed by atoms with Crippen LogP contribution in [0.3, 0.4) is 0 Å². The van der Waals surface area contributed by atoms with Gasteiger partial charge in [-0.15, -0.1) is 5.10 Å². The van der Waals surface area contributed by atoms with Crippen molar-refractivity contribution in [1.29, 1.82) is 0 Å². The summed E-state index contributed by atoms with van der Waals surface area (Å²) in [5.74, 6) is -0.462. The van der Waals surface area contributed by atoms with E-state index in [4.69, 9.17) is 4.74 Å². The zero-order chi connectivity index (χ0) is 31.2. The van der Waals surface area contributed by atoms with E-state index in [0.717, 1.165) is 39.8 Å². The van der Waals surface area contributed by atoms with Crippen molar-refractivity contribution < 1.29 is 23.5 Å². The minimum Gasteiger partial charge on any atom is -0.396 e. The first kappa shape index (κ1) is 31.1. The van der Waals surface area contributed by atoms with Crippen LogP contribution in [0.4, 0.5) is 15.5 Å². The Hall–Kier alpha value is -2.93. The predicted octanol–water partition coefficient (Wildman–Crippen LogP) is 5.50. The van der Waals surface area contributed by atoms with Crippen molar-refractivity contribution in [3.05, 3.63) is 70.0 Å². The molecule has 1 spiro atoms. The van der Waals surface area contributed by atoms with E-state index in [9.17, 15) is 14.7 Å². The van der Waals surface area contributed by atoms with Crippen molar-refractivity contribution in [3.8, 4) is 0 Å². The Morgan fingerprint density at radius 3 is 2.75 bits per heavy atom. The van der Waals surface area contributed by atoms with Crippen LogP contribution >= 0.6 is 15.9 Å². The van der Waals surface area contributed by atoms with E-state index in [0.29, 0.717) is 44.6 Å². The number of nitrogens with zero attached hydrogens (tertiary/aromatic N) is 5. The third-order valence-corrected chi connectivity index (χ3v) is 12.4. The minimum absolute atomic E-state index is 0.0115. The van der Waals surface area contributed by atoms with Gasteiger partial charge in [0.05, 0.1) is 24.0 Å². The van der Waals surface area contributed by atoms with Gasteiger partial charge < -0.3 is 23.8 Å². The van der Waals surface area contributed by atoms with E-state index in [1.165, 1.54) is 0 Å². The summed E-state index contributed by atoms with van der Waals surface area (Å²) in [7, 11) is -3.31. The second-order valence-electron chi connectivity index (χ2n) is 12.7. The van der Waals surface area contributed by atoms with Crippen LogP contribution in [0.25, 0.3) is 0 Å². The smallest absolute Gasteiger partial charge is 0.264 e. The largest absolute Gasteiger partial charge is 0.396 e. The number of aryl methyl sites for hydroxylation is 1. The van der Waals surface area contributed by atoms with Gasteiger partial charge in [0.1, 0.15) is 0 Å². The van der Waals surface area contributed by atoms with Crippen molar-refractivity contribution in [3.63, 3.8) is 0 Å². The zero-order valence-electron chi connectivity index (χ0n) is 25.4. The van der Waals surface area contributed by atoms with Crippen molar-refractivity contribution in [1.82, 2.24) is 15.0 Å². The maximum Gasteiger partial charge on any atom is 0.264 e. The maximum absolute atomic E-state index is 16.2. The van der Waals surface area contributed by atoms with Crippen LogP contribution in [0.15, 0.2) is 53.1 Å². The predicted molar refractivity (Wildman–Crippen MR) is 171 cm³/mol. The number of anilines is 2. The Balaban J connectivity index is 1.32. The van der Waals surface area contributed by atoms with Crippen molar-refractivity contribution in [2.24, 2.45) is 5.92 Å². The van der Waals surface area contributed by atoms with Gasteiger partial charge in [-0.3, -0.25) is 14.3 Å². The maximum atomic E-state index is 16.2. The number of piperidine rings is 1. The molecule has 0 bridgehead atoms. The summed E-state index contributed by atoms with van der Waals surface area (Å²) < 4.78 is 25.5. The number of carbonyl (C=O) groups is 2. The molecule has 0 radical (unpaired) electrons. The highest BCUT2D eigenvalue weighted by molar-refractivity contribution is 9.10. The van der Waals surface area contributed by atoms with E-state index in [1.54, 1.807) is 28.9 Å². The number of aliphatic hydroxyl groups excluding tert-OH is 1. The molecule has 1 N–H and O–H groups in total. The van der Waals surface area contributed by atoms with Crippen molar-refractivity contribution in [2.75, 3.05) is 23.0 Å². The van der Waals surface area contributed by atoms with Crippen LogP contribution in [0, 0.1) is 5.92 Å².